The molecule has 1 aromatic rings. The van der Waals surface area contributed by atoms with Crippen LogP contribution in [0.25, 0.3) is 0 Å². The summed E-state index contributed by atoms with van der Waals surface area (Å²) in [6.07, 6.45) is 3.69. The fourth-order valence-electron chi connectivity index (χ4n) is 2.98. The van der Waals surface area contributed by atoms with E-state index in [1.165, 1.54) is 11.1 Å². The third kappa shape index (κ3) is 5.63. The van der Waals surface area contributed by atoms with Gasteiger partial charge in [0, 0.05) is 19.8 Å². The number of ether oxygens (including phenoxy) is 1. The molecule has 1 atom stereocenters. The maximum absolute atomic E-state index is 12.1. The molecule has 4 nitrogen and oxygen atoms in total. The van der Waals surface area contributed by atoms with E-state index in [9.17, 15) is 4.79 Å². The minimum atomic E-state index is -0.399. The van der Waals surface area contributed by atoms with Gasteiger partial charge in [-0.2, -0.15) is 0 Å². The standard InChI is InChI=1S/C19H30N2O2/c1-14(2)16-7-5-15(6-8-16)4-3-11-21-19(22)18(20)17-9-12-23-13-10-17/h5-8,14,17-18H,3-4,9-13,20H2,1-2H3,(H,21,22). The number of nitrogens with two attached hydrogens (primary N) is 1. The Morgan fingerprint density at radius 2 is 1.91 bits per heavy atom. The average molecular weight is 318 g/mol. The molecular formula is C19H30N2O2. The lowest BCUT2D eigenvalue weighted by Crippen LogP contribution is -2.47. The van der Waals surface area contributed by atoms with Crippen molar-refractivity contribution in [1.82, 2.24) is 5.32 Å². The summed E-state index contributed by atoms with van der Waals surface area (Å²) in [6.45, 7) is 6.52. The summed E-state index contributed by atoms with van der Waals surface area (Å²) in [7, 11) is 0. The van der Waals surface area contributed by atoms with Crippen molar-refractivity contribution in [2.75, 3.05) is 19.8 Å². The zero-order chi connectivity index (χ0) is 16.7. The number of carbonyl (C=O) groups is 1. The van der Waals surface area contributed by atoms with Gasteiger partial charge in [0.1, 0.15) is 0 Å². The summed E-state index contributed by atoms with van der Waals surface area (Å²) in [5.74, 6) is 0.800. The molecule has 2 rings (SSSR count). The third-order valence-electron chi connectivity index (χ3n) is 4.66. The van der Waals surface area contributed by atoms with E-state index >= 15 is 0 Å². The van der Waals surface area contributed by atoms with Crippen LogP contribution in [0.3, 0.4) is 0 Å². The molecule has 128 valence electrons. The van der Waals surface area contributed by atoms with Gasteiger partial charge in [-0.05, 0) is 48.6 Å². The molecule has 1 fully saturated rings. The summed E-state index contributed by atoms with van der Waals surface area (Å²) < 4.78 is 5.31. The Kier molecular flexibility index (Phi) is 7.06. The fourth-order valence-corrected chi connectivity index (χ4v) is 2.98. The van der Waals surface area contributed by atoms with Gasteiger partial charge in [-0.25, -0.2) is 0 Å². The SMILES string of the molecule is CC(C)c1ccc(CCCNC(=O)C(N)C2CCOCC2)cc1. The Hall–Kier alpha value is -1.39. The number of benzene rings is 1. The van der Waals surface area contributed by atoms with Crippen LogP contribution in [-0.2, 0) is 16.0 Å². The number of hydrogen-bond donors (Lipinski definition) is 2. The Morgan fingerprint density at radius 3 is 2.52 bits per heavy atom. The van der Waals surface area contributed by atoms with Gasteiger partial charge >= 0.3 is 0 Å². The molecule has 1 aliphatic heterocycles. The summed E-state index contributed by atoms with van der Waals surface area (Å²) in [4.78, 5) is 12.1. The third-order valence-corrected chi connectivity index (χ3v) is 4.66. The fraction of sp³-hybridized carbons (Fsp3) is 0.632. The molecule has 23 heavy (non-hydrogen) atoms. The first-order valence-corrected chi connectivity index (χ1v) is 8.78. The maximum atomic E-state index is 12.1. The van der Waals surface area contributed by atoms with E-state index in [0.29, 0.717) is 12.5 Å². The highest BCUT2D eigenvalue weighted by atomic mass is 16.5. The zero-order valence-electron chi connectivity index (χ0n) is 14.4. The average Bonchev–Trinajstić information content (AvgIpc) is 2.59. The Balaban J connectivity index is 1.67. The van der Waals surface area contributed by atoms with E-state index in [1.54, 1.807) is 0 Å². The van der Waals surface area contributed by atoms with Crippen molar-refractivity contribution < 1.29 is 9.53 Å². The lowest BCUT2D eigenvalue weighted by atomic mass is 9.92. The highest BCUT2D eigenvalue weighted by Crippen LogP contribution is 2.18. The van der Waals surface area contributed by atoms with Crippen LogP contribution in [0.1, 0.15) is 50.2 Å². The van der Waals surface area contributed by atoms with Gasteiger partial charge in [-0.3, -0.25) is 4.79 Å². The number of nitrogens with one attached hydrogen (secondary N) is 1. The second-order valence-electron chi connectivity index (χ2n) is 6.77. The molecule has 1 amide bonds. The second-order valence-corrected chi connectivity index (χ2v) is 6.77. The van der Waals surface area contributed by atoms with Gasteiger partial charge in [0.25, 0.3) is 0 Å². The van der Waals surface area contributed by atoms with Crippen molar-refractivity contribution in [3.05, 3.63) is 35.4 Å². The summed E-state index contributed by atoms with van der Waals surface area (Å²) in [6, 6.07) is 8.36. The smallest absolute Gasteiger partial charge is 0.237 e. The van der Waals surface area contributed by atoms with Crippen molar-refractivity contribution in [2.24, 2.45) is 11.7 Å². The predicted octanol–water partition coefficient (Wildman–Crippen LogP) is 2.61. The molecule has 4 heteroatoms. The number of carbonyl (C=O) groups excluding carboxylic acids is 1. The molecule has 1 aliphatic rings. The lowest BCUT2D eigenvalue weighted by molar-refractivity contribution is -0.124. The van der Waals surface area contributed by atoms with Crippen molar-refractivity contribution in [3.63, 3.8) is 0 Å². The first kappa shape index (κ1) is 18.0. The summed E-state index contributed by atoms with van der Waals surface area (Å²) in [5.41, 5.74) is 8.74. The van der Waals surface area contributed by atoms with Crippen LogP contribution in [0.2, 0.25) is 0 Å². The quantitative estimate of drug-likeness (QED) is 0.760. The lowest BCUT2D eigenvalue weighted by Gasteiger charge is -2.26. The Bertz CT molecular complexity index is 479. The van der Waals surface area contributed by atoms with Crippen LogP contribution in [0.5, 0.6) is 0 Å². The molecule has 0 saturated carbocycles. The molecule has 1 unspecified atom stereocenters. The van der Waals surface area contributed by atoms with Crippen LogP contribution in [0.4, 0.5) is 0 Å². The summed E-state index contributed by atoms with van der Waals surface area (Å²) >= 11 is 0. The van der Waals surface area contributed by atoms with E-state index in [2.05, 4.69) is 43.4 Å². The van der Waals surface area contributed by atoms with Crippen LogP contribution in [0, 0.1) is 5.92 Å². The Labute approximate surface area is 139 Å². The van der Waals surface area contributed by atoms with Crippen molar-refractivity contribution >= 4 is 5.91 Å². The van der Waals surface area contributed by atoms with Crippen LogP contribution >= 0.6 is 0 Å². The molecule has 0 aromatic heterocycles. The molecule has 3 N–H and O–H groups in total. The zero-order valence-corrected chi connectivity index (χ0v) is 14.4. The topological polar surface area (TPSA) is 64.4 Å². The van der Waals surface area contributed by atoms with E-state index in [-0.39, 0.29) is 11.8 Å². The number of aryl methyl sites for hydroxylation is 1. The van der Waals surface area contributed by atoms with Crippen LogP contribution in [0.15, 0.2) is 24.3 Å². The van der Waals surface area contributed by atoms with Crippen LogP contribution in [-0.4, -0.2) is 31.7 Å². The van der Waals surface area contributed by atoms with Gasteiger partial charge in [0.05, 0.1) is 6.04 Å². The molecule has 0 bridgehead atoms. The van der Waals surface area contributed by atoms with Crippen molar-refractivity contribution in [2.45, 2.75) is 51.5 Å². The van der Waals surface area contributed by atoms with Gasteiger partial charge in [0.2, 0.25) is 5.91 Å². The monoisotopic (exact) mass is 318 g/mol. The number of hydrogen-bond acceptors (Lipinski definition) is 3. The molecule has 1 heterocycles. The summed E-state index contributed by atoms with van der Waals surface area (Å²) in [5, 5.41) is 2.97. The second kappa shape index (κ2) is 9.04. The highest BCUT2D eigenvalue weighted by Gasteiger charge is 2.26. The minimum Gasteiger partial charge on any atom is -0.381 e. The molecular weight excluding hydrogens is 288 g/mol. The molecule has 0 spiro atoms. The van der Waals surface area contributed by atoms with Gasteiger partial charge < -0.3 is 15.8 Å². The van der Waals surface area contributed by atoms with Crippen molar-refractivity contribution in [1.29, 1.82) is 0 Å². The molecule has 1 saturated heterocycles. The Morgan fingerprint density at radius 1 is 1.26 bits per heavy atom. The minimum absolute atomic E-state index is 0.0212. The van der Waals surface area contributed by atoms with Crippen molar-refractivity contribution in [3.8, 4) is 0 Å². The highest BCUT2D eigenvalue weighted by molar-refractivity contribution is 5.81. The van der Waals surface area contributed by atoms with Gasteiger partial charge in [-0.15, -0.1) is 0 Å². The number of rotatable bonds is 7. The van der Waals surface area contributed by atoms with E-state index in [0.717, 1.165) is 38.9 Å². The maximum Gasteiger partial charge on any atom is 0.237 e. The van der Waals surface area contributed by atoms with E-state index < -0.39 is 6.04 Å². The molecule has 0 aliphatic carbocycles. The normalized spacial score (nSPS) is 17.2. The first-order valence-electron chi connectivity index (χ1n) is 8.78. The van der Waals surface area contributed by atoms with Gasteiger partial charge in [0.15, 0.2) is 0 Å². The first-order chi connectivity index (χ1) is 11.1. The molecule has 0 radical (unpaired) electrons. The largest absolute Gasteiger partial charge is 0.381 e. The van der Waals surface area contributed by atoms with E-state index in [1.807, 2.05) is 0 Å². The predicted molar refractivity (Wildman–Crippen MR) is 93.4 cm³/mol. The molecule has 1 aromatic carbocycles. The number of amides is 1. The van der Waals surface area contributed by atoms with Gasteiger partial charge in [-0.1, -0.05) is 38.1 Å². The van der Waals surface area contributed by atoms with E-state index in [4.69, 9.17) is 10.5 Å². The van der Waals surface area contributed by atoms with Crippen LogP contribution < -0.4 is 11.1 Å².